The average Bonchev–Trinajstić information content (AvgIpc) is 3.04. The summed E-state index contributed by atoms with van der Waals surface area (Å²) >= 11 is 0. The maximum absolute atomic E-state index is 13.8. The highest BCUT2D eigenvalue weighted by Gasteiger charge is 2.14. The molecule has 0 bridgehead atoms. The monoisotopic (exact) mass is 339 g/mol. The second-order valence-electron chi connectivity index (χ2n) is 5.42. The zero-order valence-electron chi connectivity index (χ0n) is 12.8. The fourth-order valence-electron chi connectivity index (χ4n) is 2.55. The molecule has 0 aliphatic heterocycles. The van der Waals surface area contributed by atoms with Gasteiger partial charge in [0.25, 0.3) is 5.56 Å². The van der Waals surface area contributed by atoms with Crippen molar-refractivity contribution in [1.82, 2.24) is 24.5 Å². The van der Waals surface area contributed by atoms with Gasteiger partial charge in [-0.3, -0.25) is 9.36 Å². The fourth-order valence-corrected chi connectivity index (χ4v) is 2.55. The number of aromatic nitrogens is 5. The highest BCUT2D eigenvalue weighted by Crippen LogP contribution is 2.13. The van der Waals surface area contributed by atoms with Gasteiger partial charge in [0.2, 0.25) is 0 Å². The van der Waals surface area contributed by atoms with Crippen LogP contribution in [0.5, 0.6) is 0 Å². The molecule has 0 aliphatic rings. The van der Waals surface area contributed by atoms with E-state index in [1.807, 2.05) is 0 Å². The molecule has 0 spiro atoms. The smallest absolute Gasteiger partial charge is 0.283 e. The lowest BCUT2D eigenvalue weighted by Crippen LogP contribution is -2.22. The second kappa shape index (κ2) is 5.90. The summed E-state index contributed by atoms with van der Waals surface area (Å²) in [5, 5.41) is 7.73. The summed E-state index contributed by atoms with van der Waals surface area (Å²) in [5.74, 6) is -0.841. The van der Waals surface area contributed by atoms with Crippen molar-refractivity contribution in [2.45, 2.75) is 6.54 Å². The average molecular weight is 339 g/mol. The quantitative estimate of drug-likeness (QED) is 0.574. The van der Waals surface area contributed by atoms with Gasteiger partial charge in [-0.25, -0.2) is 13.8 Å². The highest BCUT2D eigenvalue weighted by molar-refractivity contribution is 5.70. The Bertz CT molecular complexity index is 1140. The first-order chi connectivity index (χ1) is 12.1. The fraction of sp³-hybridized carbons (Fsp3) is 0.0588. The highest BCUT2D eigenvalue weighted by atomic mass is 19.1. The molecule has 0 fully saturated rings. The summed E-state index contributed by atoms with van der Waals surface area (Å²) < 4.78 is 29.7. The first-order valence-corrected chi connectivity index (χ1v) is 7.44. The summed E-state index contributed by atoms with van der Waals surface area (Å²) in [4.78, 5) is 16.8. The third kappa shape index (κ3) is 2.67. The molecule has 6 nitrogen and oxygen atoms in total. The van der Waals surface area contributed by atoms with E-state index in [4.69, 9.17) is 0 Å². The Balaban J connectivity index is 1.80. The van der Waals surface area contributed by atoms with Crippen LogP contribution in [0.3, 0.4) is 0 Å². The van der Waals surface area contributed by atoms with Crippen LogP contribution in [0, 0.1) is 11.6 Å². The largest absolute Gasteiger partial charge is 0.293 e. The summed E-state index contributed by atoms with van der Waals surface area (Å²) in [6.07, 6.45) is 1.30. The van der Waals surface area contributed by atoms with E-state index in [9.17, 15) is 13.6 Å². The number of nitrogens with zero attached hydrogens (tertiary/aromatic N) is 5. The Hall–Kier alpha value is -3.42. The van der Waals surface area contributed by atoms with Crippen LogP contribution in [0.25, 0.3) is 16.9 Å². The Morgan fingerprint density at radius 3 is 2.68 bits per heavy atom. The molecule has 0 aliphatic carbocycles. The summed E-state index contributed by atoms with van der Waals surface area (Å²) in [6, 6.07) is 11.9. The predicted octanol–water partition coefficient (Wildman–Crippen LogP) is 2.30. The minimum Gasteiger partial charge on any atom is -0.293 e. The molecule has 8 heteroatoms. The van der Waals surface area contributed by atoms with Gasteiger partial charge >= 0.3 is 0 Å². The zero-order chi connectivity index (χ0) is 17.4. The van der Waals surface area contributed by atoms with Gasteiger partial charge in [-0.1, -0.05) is 29.5 Å². The van der Waals surface area contributed by atoms with E-state index in [0.29, 0.717) is 11.3 Å². The number of hydrogen-bond acceptors (Lipinski definition) is 4. The van der Waals surface area contributed by atoms with Crippen molar-refractivity contribution in [2.75, 3.05) is 0 Å². The van der Waals surface area contributed by atoms with Gasteiger partial charge in [-0.05, 0) is 24.3 Å². The maximum Gasteiger partial charge on any atom is 0.283 e. The molecular weight excluding hydrogens is 328 g/mol. The van der Waals surface area contributed by atoms with Gasteiger partial charge in [0.05, 0.1) is 12.2 Å². The lowest BCUT2D eigenvalue weighted by molar-refractivity contribution is 0.595. The van der Waals surface area contributed by atoms with Crippen molar-refractivity contribution < 1.29 is 8.78 Å². The van der Waals surface area contributed by atoms with Crippen molar-refractivity contribution in [2.24, 2.45) is 0 Å². The Labute approximate surface area is 140 Å². The van der Waals surface area contributed by atoms with Crippen molar-refractivity contribution >= 4 is 11.2 Å². The van der Waals surface area contributed by atoms with E-state index in [2.05, 4.69) is 15.3 Å². The summed E-state index contributed by atoms with van der Waals surface area (Å²) in [7, 11) is 0. The molecule has 0 radical (unpaired) electrons. The van der Waals surface area contributed by atoms with Gasteiger partial charge in [-0.15, -0.1) is 5.10 Å². The van der Waals surface area contributed by atoms with E-state index in [1.165, 1.54) is 39.8 Å². The molecule has 4 rings (SSSR count). The molecule has 124 valence electrons. The lowest BCUT2D eigenvalue weighted by Gasteiger charge is -2.06. The van der Waals surface area contributed by atoms with Crippen molar-refractivity contribution in [3.63, 3.8) is 0 Å². The van der Waals surface area contributed by atoms with E-state index in [1.54, 1.807) is 24.3 Å². The molecule has 2 heterocycles. The minimum absolute atomic E-state index is 0.0290. The molecule has 0 amide bonds. The van der Waals surface area contributed by atoms with Crippen LogP contribution in [0.15, 0.2) is 59.7 Å². The molecule has 25 heavy (non-hydrogen) atoms. The third-order valence-corrected chi connectivity index (χ3v) is 3.78. The molecule has 0 saturated heterocycles. The number of hydrogen-bond donors (Lipinski definition) is 0. The zero-order valence-corrected chi connectivity index (χ0v) is 12.8. The normalized spacial score (nSPS) is 11.1. The van der Waals surface area contributed by atoms with Crippen LogP contribution in [0.1, 0.15) is 5.56 Å². The van der Waals surface area contributed by atoms with Crippen LogP contribution >= 0.6 is 0 Å². The van der Waals surface area contributed by atoms with Gasteiger partial charge in [0.1, 0.15) is 18.0 Å². The second-order valence-corrected chi connectivity index (χ2v) is 5.42. The van der Waals surface area contributed by atoms with Crippen LogP contribution in [-0.4, -0.2) is 24.5 Å². The van der Waals surface area contributed by atoms with E-state index < -0.39 is 17.2 Å². The van der Waals surface area contributed by atoms with Crippen LogP contribution in [0.4, 0.5) is 8.78 Å². The minimum atomic E-state index is -0.448. The molecule has 0 atom stereocenters. The Morgan fingerprint density at radius 1 is 1.04 bits per heavy atom. The molecular formula is C17H11F2N5O. The Kier molecular flexibility index (Phi) is 3.57. The van der Waals surface area contributed by atoms with Gasteiger partial charge in [0, 0.05) is 5.56 Å². The standard InChI is InChI=1S/C17H11F2N5O/c18-12-5-3-6-13(8-12)24-16-15(21-22-24)17(25)23(10-20-16)9-11-4-1-2-7-14(11)19/h1-8,10H,9H2. The number of benzene rings is 2. The topological polar surface area (TPSA) is 65.6 Å². The van der Waals surface area contributed by atoms with Crippen LogP contribution < -0.4 is 5.56 Å². The van der Waals surface area contributed by atoms with Crippen LogP contribution in [-0.2, 0) is 6.54 Å². The third-order valence-electron chi connectivity index (χ3n) is 3.78. The molecule has 2 aromatic carbocycles. The first-order valence-electron chi connectivity index (χ1n) is 7.44. The number of halogens is 2. The van der Waals surface area contributed by atoms with E-state index in [-0.39, 0.29) is 17.7 Å². The predicted molar refractivity (Wildman–Crippen MR) is 86.4 cm³/mol. The van der Waals surface area contributed by atoms with Crippen LogP contribution in [0.2, 0.25) is 0 Å². The van der Waals surface area contributed by atoms with Crippen molar-refractivity contribution in [3.05, 3.63) is 82.4 Å². The molecule has 4 aromatic rings. The lowest BCUT2D eigenvalue weighted by atomic mass is 10.2. The first kappa shape index (κ1) is 15.1. The number of fused-ring (bicyclic) bond motifs is 1. The van der Waals surface area contributed by atoms with Gasteiger partial charge in [0.15, 0.2) is 11.2 Å². The Morgan fingerprint density at radius 2 is 1.88 bits per heavy atom. The van der Waals surface area contributed by atoms with Gasteiger partial charge in [-0.2, -0.15) is 4.68 Å². The van der Waals surface area contributed by atoms with E-state index in [0.717, 1.165) is 0 Å². The molecule has 0 saturated carbocycles. The molecule has 0 N–H and O–H groups in total. The molecule has 2 aromatic heterocycles. The van der Waals surface area contributed by atoms with Gasteiger partial charge < -0.3 is 0 Å². The number of rotatable bonds is 3. The van der Waals surface area contributed by atoms with E-state index >= 15 is 0 Å². The maximum atomic E-state index is 13.8. The SMILES string of the molecule is O=c1c2nnn(-c3cccc(F)c3)c2ncn1Cc1ccccc1F. The summed E-state index contributed by atoms with van der Waals surface area (Å²) in [5.41, 5.74) is 0.559. The van der Waals surface area contributed by atoms with Crippen molar-refractivity contribution in [1.29, 1.82) is 0 Å². The van der Waals surface area contributed by atoms with Crippen molar-refractivity contribution in [3.8, 4) is 5.69 Å². The molecule has 0 unspecified atom stereocenters. The summed E-state index contributed by atoms with van der Waals surface area (Å²) in [6.45, 7) is 0.0290.